The summed E-state index contributed by atoms with van der Waals surface area (Å²) < 4.78 is 5.32. The quantitative estimate of drug-likeness (QED) is 0.928. The lowest BCUT2D eigenvalue weighted by atomic mass is 9.97. The Labute approximate surface area is 116 Å². The molecule has 0 amide bonds. The van der Waals surface area contributed by atoms with Crippen molar-refractivity contribution in [3.63, 3.8) is 0 Å². The minimum Gasteiger partial charge on any atom is -0.496 e. The molecule has 0 aliphatic rings. The molecule has 1 aromatic heterocycles. The molecule has 0 saturated heterocycles. The molecule has 0 fully saturated rings. The summed E-state index contributed by atoms with van der Waals surface area (Å²) in [5.41, 5.74) is 2.06. The average Bonchev–Trinajstić information content (AvgIpc) is 2.46. The van der Waals surface area contributed by atoms with Crippen LogP contribution in [0, 0.1) is 11.3 Å². The molecule has 0 bridgehead atoms. The molecule has 0 unspecified atom stereocenters. The van der Waals surface area contributed by atoms with Gasteiger partial charge in [0.1, 0.15) is 17.5 Å². The second-order valence-electron chi connectivity index (χ2n) is 4.72. The van der Waals surface area contributed by atoms with Crippen LogP contribution in [0.15, 0.2) is 29.1 Å². The molecule has 0 aliphatic heterocycles. The number of ether oxygens (including phenoxy) is 1. The fraction of sp³-hybridized carbons (Fsp3) is 0.267. The van der Waals surface area contributed by atoms with Gasteiger partial charge in [-0.2, -0.15) is 10.4 Å². The molecule has 0 saturated carbocycles. The molecule has 5 heteroatoms. The van der Waals surface area contributed by atoms with Crippen LogP contribution in [0.4, 0.5) is 0 Å². The van der Waals surface area contributed by atoms with Crippen LogP contribution in [-0.2, 0) is 0 Å². The van der Waals surface area contributed by atoms with Gasteiger partial charge in [0.15, 0.2) is 0 Å². The van der Waals surface area contributed by atoms with Crippen molar-refractivity contribution in [3.8, 4) is 23.1 Å². The molecule has 0 atom stereocenters. The third-order valence-corrected chi connectivity index (χ3v) is 3.07. The fourth-order valence-corrected chi connectivity index (χ4v) is 1.96. The number of aromatic amines is 1. The molecule has 1 aromatic carbocycles. The molecule has 102 valence electrons. The van der Waals surface area contributed by atoms with Crippen LogP contribution in [0.25, 0.3) is 11.3 Å². The van der Waals surface area contributed by atoms with Crippen molar-refractivity contribution in [2.75, 3.05) is 7.11 Å². The van der Waals surface area contributed by atoms with Crippen molar-refractivity contribution in [1.82, 2.24) is 10.2 Å². The van der Waals surface area contributed by atoms with Gasteiger partial charge in [-0.15, -0.1) is 0 Å². The zero-order valence-corrected chi connectivity index (χ0v) is 11.6. The van der Waals surface area contributed by atoms with E-state index in [1.807, 2.05) is 24.3 Å². The van der Waals surface area contributed by atoms with Crippen LogP contribution < -0.4 is 10.3 Å². The summed E-state index contributed by atoms with van der Waals surface area (Å²) >= 11 is 0. The summed E-state index contributed by atoms with van der Waals surface area (Å²) in [7, 11) is 1.56. The molecule has 2 aromatic rings. The number of H-pyrrole nitrogens is 1. The first-order valence-corrected chi connectivity index (χ1v) is 6.25. The first-order valence-electron chi connectivity index (χ1n) is 6.25. The SMILES string of the molecule is COc1ccc(C(C)C)cc1-c1n[nH]c(=O)cc1C#N. The predicted molar refractivity (Wildman–Crippen MR) is 75.6 cm³/mol. The van der Waals surface area contributed by atoms with E-state index < -0.39 is 5.56 Å². The number of methoxy groups -OCH3 is 1. The largest absolute Gasteiger partial charge is 0.496 e. The second kappa shape index (κ2) is 5.57. The average molecular weight is 269 g/mol. The lowest BCUT2D eigenvalue weighted by Gasteiger charge is -2.12. The minimum atomic E-state index is -0.399. The standard InChI is InChI=1S/C15H15N3O2/c1-9(2)10-4-5-13(20-3)12(6-10)15-11(8-16)7-14(19)17-18-15/h4-7,9H,1-3H3,(H,17,19). The van der Waals surface area contributed by atoms with Crippen LogP contribution in [-0.4, -0.2) is 17.3 Å². The van der Waals surface area contributed by atoms with Crippen molar-refractivity contribution < 1.29 is 4.74 Å². The highest BCUT2D eigenvalue weighted by Gasteiger charge is 2.14. The first kappa shape index (κ1) is 13.8. The number of nitrogens with zero attached hydrogens (tertiary/aromatic N) is 2. The highest BCUT2D eigenvalue weighted by molar-refractivity contribution is 5.72. The Hall–Kier alpha value is -2.61. The summed E-state index contributed by atoms with van der Waals surface area (Å²) in [6, 6.07) is 8.99. The molecule has 1 N–H and O–H groups in total. The van der Waals surface area contributed by atoms with Gasteiger partial charge >= 0.3 is 0 Å². The lowest BCUT2D eigenvalue weighted by Crippen LogP contribution is -2.09. The third-order valence-electron chi connectivity index (χ3n) is 3.07. The Balaban J connectivity index is 2.71. The van der Waals surface area contributed by atoms with E-state index >= 15 is 0 Å². The zero-order valence-electron chi connectivity index (χ0n) is 11.6. The van der Waals surface area contributed by atoms with E-state index in [1.54, 1.807) is 7.11 Å². The summed E-state index contributed by atoms with van der Waals surface area (Å²) in [6.07, 6.45) is 0. The van der Waals surface area contributed by atoms with Crippen molar-refractivity contribution in [1.29, 1.82) is 5.26 Å². The number of hydrogen-bond donors (Lipinski definition) is 1. The molecule has 1 heterocycles. The predicted octanol–water partition coefficient (Wildman–Crippen LogP) is 2.44. The Kier molecular flexibility index (Phi) is 3.85. The molecule has 0 spiro atoms. The van der Waals surface area contributed by atoms with Crippen LogP contribution in [0.2, 0.25) is 0 Å². The van der Waals surface area contributed by atoms with E-state index in [9.17, 15) is 4.79 Å². The highest BCUT2D eigenvalue weighted by atomic mass is 16.5. The Morgan fingerprint density at radius 2 is 2.10 bits per heavy atom. The van der Waals surface area contributed by atoms with Crippen molar-refractivity contribution >= 4 is 0 Å². The summed E-state index contributed by atoms with van der Waals surface area (Å²) in [6.45, 7) is 4.16. The number of rotatable bonds is 3. The zero-order chi connectivity index (χ0) is 14.7. The van der Waals surface area contributed by atoms with Gasteiger partial charge in [0.05, 0.1) is 12.7 Å². The van der Waals surface area contributed by atoms with Crippen molar-refractivity contribution in [2.24, 2.45) is 0 Å². The maximum absolute atomic E-state index is 11.3. The van der Waals surface area contributed by atoms with Gasteiger partial charge in [-0.25, -0.2) is 5.10 Å². The first-order chi connectivity index (χ1) is 9.56. The third kappa shape index (κ3) is 2.54. The normalized spacial score (nSPS) is 10.3. The van der Waals surface area contributed by atoms with Crippen molar-refractivity contribution in [2.45, 2.75) is 19.8 Å². The van der Waals surface area contributed by atoms with Gasteiger partial charge in [0.2, 0.25) is 0 Å². The maximum Gasteiger partial charge on any atom is 0.265 e. The summed E-state index contributed by atoms with van der Waals surface area (Å²) in [4.78, 5) is 11.3. The summed E-state index contributed by atoms with van der Waals surface area (Å²) in [5.74, 6) is 0.957. The molecular weight excluding hydrogens is 254 g/mol. The Morgan fingerprint density at radius 3 is 2.70 bits per heavy atom. The van der Waals surface area contributed by atoms with Gasteiger partial charge in [-0.05, 0) is 23.6 Å². The molecule has 0 aliphatic carbocycles. The highest BCUT2D eigenvalue weighted by Crippen LogP contribution is 2.32. The van der Waals surface area contributed by atoms with E-state index in [4.69, 9.17) is 10.00 Å². The van der Waals surface area contributed by atoms with Gasteiger partial charge < -0.3 is 4.74 Å². The molecule has 5 nitrogen and oxygen atoms in total. The molecule has 20 heavy (non-hydrogen) atoms. The second-order valence-corrected chi connectivity index (χ2v) is 4.72. The van der Waals surface area contributed by atoms with Crippen LogP contribution in [0.5, 0.6) is 5.75 Å². The van der Waals surface area contributed by atoms with Crippen LogP contribution in [0.1, 0.15) is 30.9 Å². The smallest absolute Gasteiger partial charge is 0.265 e. The molecule has 2 rings (SSSR count). The summed E-state index contributed by atoms with van der Waals surface area (Å²) in [5, 5.41) is 15.5. The molecule has 0 radical (unpaired) electrons. The van der Waals surface area contributed by atoms with Gasteiger partial charge in [0.25, 0.3) is 5.56 Å². The number of benzene rings is 1. The van der Waals surface area contributed by atoms with E-state index in [0.717, 1.165) is 5.56 Å². The van der Waals surface area contributed by atoms with Crippen molar-refractivity contribution in [3.05, 3.63) is 45.7 Å². The lowest BCUT2D eigenvalue weighted by molar-refractivity contribution is 0.416. The fourth-order valence-electron chi connectivity index (χ4n) is 1.96. The minimum absolute atomic E-state index is 0.230. The van der Waals surface area contributed by atoms with E-state index in [-0.39, 0.29) is 5.56 Å². The monoisotopic (exact) mass is 269 g/mol. The van der Waals surface area contributed by atoms with Gasteiger partial charge in [-0.3, -0.25) is 4.79 Å². The van der Waals surface area contributed by atoms with E-state index in [1.165, 1.54) is 6.07 Å². The van der Waals surface area contributed by atoms with Gasteiger partial charge in [0, 0.05) is 11.6 Å². The molecular formula is C15H15N3O2. The van der Waals surface area contributed by atoms with Gasteiger partial charge in [-0.1, -0.05) is 19.9 Å². The number of aromatic nitrogens is 2. The number of nitriles is 1. The Bertz CT molecular complexity index is 727. The van der Waals surface area contributed by atoms with E-state index in [2.05, 4.69) is 24.0 Å². The van der Waals surface area contributed by atoms with Crippen LogP contribution >= 0.6 is 0 Å². The van der Waals surface area contributed by atoms with E-state index in [0.29, 0.717) is 22.9 Å². The van der Waals surface area contributed by atoms with Crippen LogP contribution in [0.3, 0.4) is 0 Å². The Morgan fingerprint density at radius 1 is 1.35 bits per heavy atom. The number of hydrogen-bond acceptors (Lipinski definition) is 4. The number of nitrogens with one attached hydrogen (secondary N) is 1. The maximum atomic E-state index is 11.3. The topological polar surface area (TPSA) is 78.8 Å².